The Morgan fingerprint density at radius 1 is 0.705 bits per heavy atom. The van der Waals surface area contributed by atoms with Gasteiger partial charge in [0.15, 0.2) is 29.4 Å². The molecule has 4 fully saturated rings. The van der Waals surface area contributed by atoms with Crippen molar-refractivity contribution in [2.45, 2.75) is 308 Å². The molecule has 8 atom stereocenters. The van der Waals surface area contributed by atoms with Crippen molar-refractivity contribution >= 4 is 23.6 Å². The van der Waals surface area contributed by atoms with Gasteiger partial charge in [0.1, 0.15) is 6.61 Å². The maximum absolute atomic E-state index is 17.9. The summed E-state index contributed by atoms with van der Waals surface area (Å²) in [4.78, 5) is 58.6. The molecule has 5 aliphatic rings. The van der Waals surface area contributed by atoms with Gasteiger partial charge in [-0.2, -0.15) is 0 Å². The second kappa shape index (κ2) is 32.8. The largest absolute Gasteiger partial charge is 0.458 e. The number of hydrogen-bond acceptors (Lipinski definition) is 10. The van der Waals surface area contributed by atoms with E-state index in [4.69, 9.17) is 18.9 Å². The van der Waals surface area contributed by atoms with E-state index in [-0.39, 0.29) is 36.7 Å². The molecule has 0 spiro atoms. The van der Waals surface area contributed by atoms with Gasteiger partial charge in [-0.1, -0.05) is 206 Å². The predicted molar refractivity (Wildman–Crippen MR) is 312 cm³/mol. The molecule has 78 heavy (non-hydrogen) atoms. The van der Waals surface area contributed by atoms with Gasteiger partial charge in [0.25, 0.3) is 0 Å². The molecule has 1 aliphatic heterocycles. The first-order chi connectivity index (χ1) is 37.4. The van der Waals surface area contributed by atoms with Crippen LogP contribution in [0.4, 0.5) is 9.18 Å². The number of ether oxygens (including phenoxy) is 4. The van der Waals surface area contributed by atoms with Crippen LogP contribution in [0.3, 0.4) is 0 Å². The van der Waals surface area contributed by atoms with E-state index >= 15 is 4.39 Å². The Balaban J connectivity index is 1.13. The molecule has 8 unspecified atom stereocenters. The zero-order chi connectivity index (χ0) is 56.7. The Morgan fingerprint density at radius 2 is 1.22 bits per heavy atom. The van der Waals surface area contributed by atoms with Gasteiger partial charge in [-0.15, -0.1) is 0 Å². The molecule has 1 N–H and O–H groups in total. The van der Waals surface area contributed by atoms with Gasteiger partial charge in [-0.05, 0) is 104 Å². The number of halogens is 1. The van der Waals surface area contributed by atoms with E-state index in [1.54, 1.807) is 26.8 Å². The molecular weight excluding hydrogens is 984 g/mol. The number of unbranched alkanes of at least 4 members (excludes halogenated alkanes) is 26. The number of Topliss-reactive ketones (excluding diaryl/α,β-unsaturated/α-hetero) is 1. The van der Waals surface area contributed by atoms with Gasteiger partial charge in [0.05, 0.1) is 12.2 Å². The van der Waals surface area contributed by atoms with E-state index in [0.29, 0.717) is 57.4 Å². The molecule has 0 radical (unpaired) electrons. The van der Waals surface area contributed by atoms with Crippen LogP contribution in [0.25, 0.3) is 0 Å². The fraction of sp³-hybridized carbons (Fsp3) is 0.879. The van der Waals surface area contributed by atoms with Crippen LogP contribution in [-0.2, 0) is 33.3 Å². The standard InChI is InChI=1S/C66H113FN2O9/c1-9-11-13-15-17-19-21-23-25-27-29-31-34-38-53(39-35-32-30-28-26-24-22-20-18-16-14-12-10-2)69(61(74)75-47-46-68(7)8)45-37-33-36-40-60(73)76-51-58(72)66-59(77-62(3,4)78-66)49-56-55-42-41-52-48-54(70)43-44-63(52,5)65(55,67)57(71)50-64(56,66)6/h43-44,48,53,55-57,59,71H,9-42,45-47,49-51H2,1-8H3. The highest BCUT2D eigenvalue weighted by molar-refractivity contribution is 6.01. The van der Waals surface area contributed by atoms with Crippen molar-refractivity contribution in [1.82, 2.24) is 9.80 Å². The monoisotopic (exact) mass is 1100 g/mol. The van der Waals surface area contributed by atoms with Crippen LogP contribution in [0.5, 0.6) is 0 Å². The van der Waals surface area contributed by atoms with Gasteiger partial charge < -0.3 is 33.9 Å². The molecule has 1 heterocycles. The number of ketones is 2. The number of allylic oxidation sites excluding steroid dienone is 4. The van der Waals surface area contributed by atoms with Crippen LogP contribution in [-0.4, -0.2) is 114 Å². The number of alkyl halides is 1. The Kier molecular flexibility index (Phi) is 27.8. The average molecular weight is 1100 g/mol. The maximum atomic E-state index is 17.9. The summed E-state index contributed by atoms with van der Waals surface area (Å²) in [5.41, 5.74) is -5.10. The first-order valence-electron chi connectivity index (χ1n) is 32.4. The second-order valence-electron chi connectivity index (χ2n) is 26.1. The molecular formula is C66H113FN2O9. The fourth-order valence-electron chi connectivity index (χ4n) is 14.9. The van der Waals surface area contributed by atoms with E-state index in [9.17, 15) is 24.3 Å². The van der Waals surface area contributed by atoms with Gasteiger partial charge in [0.2, 0.25) is 5.78 Å². The summed E-state index contributed by atoms with van der Waals surface area (Å²) in [7, 11) is 3.97. The smallest absolute Gasteiger partial charge is 0.410 e. The zero-order valence-corrected chi connectivity index (χ0v) is 50.9. The number of aliphatic hydroxyl groups excluding tert-OH is 1. The van der Waals surface area contributed by atoms with Gasteiger partial charge in [0, 0.05) is 42.3 Å². The molecule has 5 rings (SSSR count). The summed E-state index contributed by atoms with van der Waals surface area (Å²) in [6.45, 7) is 12.8. The summed E-state index contributed by atoms with van der Waals surface area (Å²) in [5.74, 6) is -3.21. The number of rotatable bonds is 41. The summed E-state index contributed by atoms with van der Waals surface area (Å²) in [6, 6.07) is 0.108. The maximum Gasteiger partial charge on any atom is 0.410 e. The number of esters is 1. The molecule has 448 valence electrons. The van der Waals surface area contributed by atoms with E-state index < -0.39 is 64.4 Å². The Morgan fingerprint density at radius 3 is 1.74 bits per heavy atom. The summed E-state index contributed by atoms with van der Waals surface area (Å²) in [6.07, 6.45) is 41.3. The molecule has 0 bridgehead atoms. The molecule has 0 aromatic heterocycles. The van der Waals surface area contributed by atoms with Crippen molar-refractivity contribution in [2.75, 3.05) is 40.4 Å². The Hall–Kier alpha value is -2.67. The lowest BCUT2D eigenvalue weighted by Gasteiger charge is -2.62. The minimum atomic E-state index is -2.06. The topological polar surface area (TPSA) is 132 Å². The van der Waals surface area contributed by atoms with E-state index in [2.05, 4.69) is 13.8 Å². The molecule has 0 aromatic rings. The number of likely N-dealkylation sites (N-methyl/N-ethyl adjacent to an activating group) is 1. The molecule has 0 aromatic carbocycles. The van der Waals surface area contributed by atoms with E-state index in [1.807, 2.05) is 30.8 Å². The molecule has 11 nitrogen and oxygen atoms in total. The van der Waals surface area contributed by atoms with E-state index in [0.717, 1.165) is 32.1 Å². The molecule has 1 saturated heterocycles. The summed E-state index contributed by atoms with van der Waals surface area (Å²) < 4.78 is 42.8. The van der Waals surface area contributed by atoms with Crippen LogP contribution < -0.4 is 0 Å². The third kappa shape index (κ3) is 17.7. The molecule has 3 saturated carbocycles. The number of nitrogens with zero attached hydrogens (tertiary/aromatic N) is 2. The molecule has 1 amide bonds. The van der Waals surface area contributed by atoms with E-state index in [1.165, 1.54) is 166 Å². The minimum Gasteiger partial charge on any atom is -0.458 e. The zero-order valence-electron chi connectivity index (χ0n) is 50.9. The SMILES string of the molecule is CCCCCCCCCCCCCCCC(CCCCCCCCCCCCCCC)N(CCCCCC(=O)OCC(=O)C12OC(C)(C)OC1CC1C3CCC4=CC(=O)C=CC4(C)C3(F)C(O)CC12C)C(=O)OCCN(C)C. The van der Waals surface area contributed by atoms with Crippen molar-refractivity contribution in [3.05, 3.63) is 23.8 Å². The van der Waals surface area contributed by atoms with Crippen molar-refractivity contribution in [2.24, 2.45) is 22.7 Å². The number of hydrogen-bond donors (Lipinski definition) is 1. The minimum absolute atomic E-state index is 0.0508. The van der Waals surface area contributed by atoms with Crippen LogP contribution in [0.1, 0.15) is 273 Å². The number of carbonyl (C=O) groups excluding carboxylic acids is 4. The fourth-order valence-corrected chi connectivity index (χ4v) is 14.9. The van der Waals surface area contributed by atoms with Crippen LogP contribution in [0, 0.1) is 22.7 Å². The summed E-state index contributed by atoms with van der Waals surface area (Å²) in [5, 5.41) is 12.0. The molecule has 12 heteroatoms. The normalized spacial score (nSPS) is 27.8. The van der Waals surface area contributed by atoms with Crippen molar-refractivity contribution in [3.63, 3.8) is 0 Å². The third-order valence-corrected chi connectivity index (χ3v) is 19.4. The number of aliphatic hydroxyl groups is 1. The first-order valence-corrected chi connectivity index (χ1v) is 32.4. The van der Waals surface area contributed by atoms with Crippen LogP contribution in [0.2, 0.25) is 0 Å². The lowest BCUT2D eigenvalue weighted by Crippen LogP contribution is -2.70. The molecule has 4 aliphatic carbocycles. The average Bonchev–Trinajstić information content (AvgIpc) is 4.05. The number of amides is 1. The lowest BCUT2D eigenvalue weighted by atomic mass is 9.44. The summed E-state index contributed by atoms with van der Waals surface area (Å²) >= 11 is 0. The van der Waals surface area contributed by atoms with Crippen molar-refractivity contribution < 1.29 is 47.6 Å². The van der Waals surface area contributed by atoms with Crippen molar-refractivity contribution in [1.29, 1.82) is 0 Å². The van der Waals surface area contributed by atoms with Gasteiger partial charge >= 0.3 is 12.1 Å². The lowest BCUT2D eigenvalue weighted by molar-refractivity contribution is -0.246. The quantitative estimate of drug-likeness (QED) is 0.0466. The highest BCUT2D eigenvalue weighted by atomic mass is 19.1. The van der Waals surface area contributed by atoms with Crippen molar-refractivity contribution in [3.8, 4) is 0 Å². The second-order valence-corrected chi connectivity index (χ2v) is 26.1. The van der Waals surface area contributed by atoms with Crippen LogP contribution in [0.15, 0.2) is 23.8 Å². The third-order valence-electron chi connectivity index (χ3n) is 19.4. The van der Waals surface area contributed by atoms with Gasteiger partial charge in [-0.3, -0.25) is 14.4 Å². The first kappa shape index (κ1) is 66.1. The Bertz CT molecular complexity index is 1860. The van der Waals surface area contributed by atoms with Gasteiger partial charge in [-0.25, -0.2) is 9.18 Å². The highest BCUT2D eigenvalue weighted by Crippen LogP contribution is 2.72. The van der Waals surface area contributed by atoms with Crippen LogP contribution >= 0.6 is 0 Å². The predicted octanol–water partition coefficient (Wildman–Crippen LogP) is 15.9. The number of fused-ring (bicyclic) bond motifs is 7. The highest BCUT2D eigenvalue weighted by Gasteiger charge is 2.80. The number of carbonyl (C=O) groups is 4. The Labute approximate surface area is 474 Å².